The minimum Gasteiger partial charge on any atom is -0.390 e. The Labute approximate surface area is 141 Å². The summed E-state index contributed by atoms with van der Waals surface area (Å²) in [6.07, 6.45) is 0. The van der Waals surface area contributed by atoms with Crippen LogP contribution in [-0.2, 0) is 0 Å². The van der Waals surface area contributed by atoms with Gasteiger partial charge in [0, 0.05) is 14.0 Å². The second-order valence-electron chi connectivity index (χ2n) is 4.99. The van der Waals surface area contributed by atoms with Gasteiger partial charge in [0.2, 0.25) is 0 Å². The van der Waals surface area contributed by atoms with Crippen molar-refractivity contribution in [3.8, 4) is 0 Å². The van der Waals surface area contributed by atoms with Gasteiger partial charge in [-0.15, -0.1) is 11.3 Å². The Morgan fingerprint density at radius 1 is 1.10 bits per heavy atom. The van der Waals surface area contributed by atoms with Crippen molar-refractivity contribution in [2.45, 2.75) is 13.8 Å². The summed E-state index contributed by atoms with van der Waals surface area (Å²) in [5.74, 6) is 0.0157. The molecule has 0 unspecified atom stereocenters. The van der Waals surface area contributed by atoms with Crippen molar-refractivity contribution < 1.29 is 4.79 Å². The number of benzene rings is 2. The molecule has 1 heterocycles. The SMILES string of the molecule is Cc1sc(N)c(C(=O)c2ccc(I)c3ccccc23)c1C. The molecule has 21 heavy (non-hydrogen) atoms. The second-order valence-corrected chi connectivity index (χ2v) is 7.41. The molecule has 0 saturated carbocycles. The fourth-order valence-electron chi connectivity index (χ4n) is 2.53. The van der Waals surface area contributed by atoms with Crippen LogP contribution in [0.15, 0.2) is 36.4 Å². The number of aryl methyl sites for hydroxylation is 1. The third kappa shape index (κ3) is 2.36. The average molecular weight is 407 g/mol. The van der Waals surface area contributed by atoms with Crippen LogP contribution in [-0.4, -0.2) is 5.78 Å². The quantitative estimate of drug-likeness (QED) is 0.483. The molecule has 0 aliphatic rings. The molecule has 0 spiro atoms. The molecule has 4 heteroatoms. The second kappa shape index (κ2) is 5.42. The van der Waals surface area contributed by atoms with Crippen LogP contribution in [0.3, 0.4) is 0 Å². The molecular weight excluding hydrogens is 393 g/mol. The number of rotatable bonds is 2. The van der Waals surface area contributed by atoms with E-state index in [1.165, 1.54) is 11.3 Å². The van der Waals surface area contributed by atoms with Crippen LogP contribution in [0.25, 0.3) is 10.8 Å². The lowest BCUT2D eigenvalue weighted by atomic mass is 9.96. The van der Waals surface area contributed by atoms with Gasteiger partial charge in [-0.05, 0) is 64.9 Å². The maximum Gasteiger partial charge on any atom is 0.196 e. The summed E-state index contributed by atoms with van der Waals surface area (Å²) in [6.45, 7) is 3.96. The number of fused-ring (bicyclic) bond motifs is 1. The molecule has 2 nitrogen and oxygen atoms in total. The number of halogens is 1. The maximum absolute atomic E-state index is 13.0. The number of carbonyl (C=O) groups excluding carboxylic acids is 1. The summed E-state index contributed by atoms with van der Waals surface area (Å²) >= 11 is 3.78. The number of nitrogen functional groups attached to an aromatic ring is 1. The molecule has 3 aromatic rings. The van der Waals surface area contributed by atoms with Gasteiger partial charge in [-0.1, -0.05) is 24.3 Å². The first-order valence-electron chi connectivity index (χ1n) is 6.58. The highest BCUT2D eigenvalue weighted by atomic mass is 127. The topological polar surface area (TPSA) is 43.1 Å². The Kier molecular flexibility index (Phi) is 3.75. The van der Waals surface area contributed by atoms with E-state index < -0.39 is 0 Å². The molecule has 0 amide bonds. The predicted molar refractivity (Wildman–Crippen MR) is 98.3 cm³/mol. The summed E-state index contributed by atoms with van der Waals surface area (Å²) in [5, 5.41) is 2.70. The first-order valence-corrected chi connectivity index (χ1v) is 8.47. The highest BCUT2D eigenvalue weighted by molar-refractivity contribution is 14.1. The summed E-state index contributed by atoms with van der Waals surface area (Å²) in [6, 6.07) is 11.9. The van der Waals surface area contributed by atoms with Gasteiger partial charge in [-0.3, -0.25) is 4.79 Å². The van der Waals surface area contributed by atoms with Crippen LogP contribution in [0, 0.1) is 17.4 Å². The van der Waals surface area contributed by atoms with Crippen molar-refractivity contribution in [2.75, 3.05) is 5.73 Å². The molecule has 0 bridgehead atoms. The molecule has 0 fully saturated rings. The standard InChI is InChI=1S/C17H14INOS/c1-9-10(2)21-17(19)15(9)16(20)13-7-8-14(18)12-6-4-3-5-11(12)13/h3-8H,19H2,1-2H3. The minimum absolute atomic E-state index is 0.0157. The average Bonchev–Trinajstić information content (AvgIpc) is 2.72. The molecule has 2 N–H and O–H groups in total. The Morgan fingerprint density at radius 3 is 2.38 bits per heavy atom. The van der Waals surface area contributed by atoms with Gasteiger partial charge in [-0.25, -0.2) is 0 Å². The molecule has 2 aromatic carbocycles. The summed E-state index contributed by atoms with van der Waals surface area (Å²) in [7, 11) is 0. The van der Waals surface area contributed by atoms with Crippen molar-refractivity contribution in [3.05, 3.63) is 61.5 Å². The van der Waals surface area contributed by atoms with Gasteiger partial charge in [0.1, 0.15) is 0 Å². The Balaban J connectivity index is 2.26. The lowest BCUT2D eigenvalue weighted by Crippen LogP contribution is -2.06. The van der Waals surface area contributed by atoms with Crippen molar-refractivity contribution >= 4 is 55.5 Å². The minimum atomic E-state index is 0.0157. The number of thiophene rings is 1. The maximum atomic E-state index is 13.0. The fourth-order valence-corrected chi connectivity index (χ4v) is 4.11. The van der Waals surface area contributed by atoms with Crippen LogP contribution >= 0.6 is 33.9 Å². The summed E-state index contributed by atoms with van der Waals surface area (Å²) < 4.78 is 1.14. The van der Waals surface area contributed by atoms with E-state index in [2.05, 4.69) is 22.6 Å². The van der Waals surface area contributed by atoms with E-state index in [9.17, 15) is 4.79 Å². The zero-order chi connectivity index (χ0) is 15.1. The van der Waals surface area contributed by atoms with E-state index in [1.54, 1.807) is 0 Å². The lowest BCUT2D eigenvalue weighted by Gasteiger charge is -2.08. The molecule has 1 aromatic heterocycles. The number of anilines is 1. The normalized spacial score (nSPS) is 11.0. The highest BCUT2D eigenvalue weighted by Gasteiger charge is 2.21. The third-order valence-corrected chi connectivity index (χ3v) is 5.73. The fraction of sp³-hybridized carbons (Fsp3) is 0.118. The first kappa shape index (κ1) is 14.5. The molecule has 106 valence electrons. The van der Waals surface area contributed by atoms with Crippen molar-refractivity contribution in [2.24, 2.45) is 0 Å². The van der Waals surface area contributed by atoms with Crippen LogP contribution in [0.4, 0.5) is 5.00 Å². The van der Waals surface area contributed by atoms with Gasteiger partial charge >= 0.3 is 0 Å². The molecule has 0 saturated heterocycles. The summed E-state index contributed by atoms with van der Waals surface area (Å²) in [5.41, 5.74) is 8.42. The molecule has 3 rings (SSSR count). The van der Waals surface area contributed by atoms with E-state index in [1.807, 2.05) is 50.2 Å². The van der Waals surface area contributed by atoms with E-state index >= 15 is 0 Å². The number of nitrogens with two attached hydrogens (primary N) is 1. The number of carbonyl (C=O) groups is 1. The smallest absolute Gasteiger partial charge is 0.196 e. The largest absolute Gasteiger partial charge is 0.390 e. The van der Waals surface area contributed by atoms with Gasteiger partial charge < -0.3 is 5.73 Å². The molecule has 0 aliphatic heterocycles. The van der Waals surface area contributed by atoms with Gasteiger partial charge in [0.25, 0.3) is 0 Å². The zero-order valence-electron chi connectivity index (χ0n) is 11.7. The highest BCUT2D eigenvalue weighted by Crippen LogP contribution is 2.33. The summed E-state index contributed by atoms with van der Waals surface area (Å²) in [4.78, 5) is 14.1. The van der Waals surface area contributed by atoms with Gasteiger partial charge in [0.05, 0.1) is 10.6 Å². The van der Waals surface area contributed by atoms with E-state index in [-0.39, 0.29) is 5.78 Å². The lowest BCUT2D eigenvalue weighted by molar-refractivity contribution is 0.104. The van der Waals surface area contributed by atoms with Crippen LogP contribution < -0.4 is 5.73 Å². The van der Waals surface area contributed by atoms with Crippen molar-refractivity contribution in [1.29, 1.82) is 0 Å². The van der Waals surface area contributed by atoms with Crippen molar-refractivity contribution in [3.63, 3.8) is 0 Å². The molecule has 0 radical (unpaired) electrons. The van der Waals surface area contributed by atoms with Crippen LogP contribution in [0.2, 0.25) is 0 Å². The third-order valence-electron chi connectivity index (χ3n) is 3.76. The Hall–Kier alpha value is -1.40. The monoisotopic (exact) mass is 407 g/mol. The predicted octanol–water partition coefficient (Wildman–Crippen LogP) is 4.94. The molecular formula is C17H14INOS. The molecule has 0 atom stereocenters. The van der Waals surface area contributed by atoms with Gasteiger partial charge in [-0.2, -0.15) is 0 Å². The Bertz CT molecular complexity index is 867. The number of ketones is 1. The first-order chi connectivity index (χ1) is 10.0. The van der Waals surface area contributed by atoms with Crippen LogP contribution in [0.5, 0.6) is 0 Å². The van der Waals surface area contributed by atoms with E-state index in [0.29, 0.717) is 10.6 Å². The van der Waals surface area contributed by atoms with E-state index in [0.717, 1.165) is 30.3 Å². The number of hydrogen-bond donors (Lipinski definition) is 1. The zero-order valence-corrected chi connectivity index (χ0v) is 14.7. The number of hydrogen-bond acceptors (Lipinski definition) is 3. The Morgan fingerprint density at radius 2 is 1.76 bits per heavy atom. The van der Waals surface area contributed by atoms with Crippen LogP contribution in [0.1, 0.15) is 26.4 Å². The van der Waals surface area contributed by atoms with E-state index in [4.69, 9.17) is 5.73 Å². The van der Waals surface area contributed by atoms with Gasteiger partial charge in [0.15, 0.2) is 5.78 Å². The molecule has 0 aliphatic carbocycles. The van der Waals surface area contributed by atoms with Crippen molar-refractivity contribution in [1.82, 2.24) is 0 Å².